The van der Waals surface area contributed by atoms with Crippen molar-refractivity contribution >= 4 is 22.6 Å². The van der Waals surface area contributed by atoms with Crippen molar-refractivity contribution in [1.82, 2.24) is 20.8 Å². The number of aromatic amines is 1. The van der Waals surface area contributed by atoms with E-state index in [0.29, 0.717) is 29.4 Å². The smallest absolute Gasteiger partial charge is 0.309 e. The first-order chi connectivity index (χ1) is 13.6. The van der Waals surface area contributed by atoms with Gasteiger partial charge in [0, 0.05) is 11.9 Å². The van der Waals surface area contributed by atoms with E-state index in [1.54, 1.807) is 31.4 Å². The molecule has 0 unspecified atom stereocenters. The molecule has 3 rings (SSSR count). The number of aromatic nitrogens is 2. The van der Waals surface area contributed by atoms with Crippen molar-refractivity contribution in [3.8, 4) is 5.75 Å². The van der Waals surface area contributed by atoms with Crippen LogP contribution in [-0.4, -0.2) is 35.7 Å². The second-order valence-electron chi connectivity index (χ2n) is 6.08. The molecule has 0 aliphatic heterocycles. The van der Waals surface area contributed by atoms with Gasteiger partial charge in [-0.3, -0.25) is 14.4 Å². The molecule has 0 bridgehead atoms. The molecule has 28 heavy (non-hydrogen) atoms. The van der Waals surface area contributed by atoms with Crippen LogP contribution in [0.4, 0.5) is 0 Å². The summed E-state index contributed by atoms with van der Waals surface area (Å²) >= 11 is 0. The summed E-state index contributed by atoms with van der Waals surface area (Å²) in [5, 5.41) is 12.6. The number of fused-ring (bicyclic) bond motifs is 1. The molecule has 0 radical (unpaired) electrons. The minimum absolute atomic E-state index is 0.0298. The lowest BCUT2D eigenvalue weighted by Crippen LogP contribution is -2.40. The molecule has 0 saturated heterocycles. The van der Waals surface area contributed by atoms with E-state index >= 15 is 0 Å². The first-order valence-electron chi connectivity index (χ1n) is 8.73. The van der Waals surface area contributed by atoms with Crippen molar-refractivity contribution in [3.05, 3.63) is 70.1 Å². The number of carbonyl (C=O) groups is 2. The van der Waals surface area contributed by atoms with Gasteiger partial charge in [-0.25, -0.2) is 5.10 Å². The third-order valence-electron chi connectivity index (χ3n) is 4.26. The van der Waals surface area contributed by atoms with Crippen LogP contribution in [0.1, 0.15) is 11.3 Å². The van der Waals surface area contributed by atoms with Crippen molar-refractivity contribution in [2.45, 2.75) is 13.0 Å². The molecule has 2 aromatic carbocycles. The second-order valence-corrected chi connectivity index (χ2v) is 6.08. The van der Waals surface area contributed by atoms with E-state index < -0.39 is 11.8 Å². The summed E-state index contributed by atoms with van der Waals surface area (Å²) in [7, 11) is 1.60. The summed E-state index contributed by atoms with van der Waals surface area (Å²) < 4.78 is 5.09. The average Bonchev–Trinajstić information content (AvgIpc) is 2.73. The van der Waals surface area contributed by atoms with Crippen molar-refractivity contribution < 1.29 is 14.3 Å². The Morgan fingerprint density at radius 3 is 2.39 bits per heavy atom. The topological polar surface area (TPSA) is 113 Å². The third-order valence-corrected chi connectivity index (χ3v) is 4.26. The molecule has 8 nitrogen and oxygen atoms in total. The molecule has 1 heterocycles. The van der Waals surface area contributed by atoms with Crippen molar-refractivity contribution in [2.75, 3.05) is 13.7 Å². The van der Waals surface area contributed by atoms with Gasteiger partial charge in [-0.2, -0.15) is 5.10 Å². The number of H-pyrrole nitrogens is 1. The number of nitrogens with zero attached hydrogens (tertiary/aromatic N) is 1. The van der Waals surface area contributed by atoms with Gasteiger partial charge < -0.3 is 15.4 Å². The molecular weight excluding hydrogens is 360 g/mol. The zero-order valence-electron chi connectivity index (χ0n) is 15.3. The standard InChI is InChI=1S/C20H20N4O4/c1-28-14-8-6-13(7-9-14)10-11-21-19(26)20(27)22-12-17-15-4-2-3-5-16(15)18(25)24-23-17/h2-9H,10-12H2,1H3,(H,21,26)(H,22,27)(H,24,25). The molecule has 144 valence electrons. The Balaban J connectivity index is 1.51. The molecule has 0 aliphatic carbocycles. The fourth-order valence-electron chi connectivity index (χ4n) is 2.74. The largest absolute Gasteiger partial charge is 0.497 e. The first kappa shape index (κ1) is 19.1. The zero-order chi connectivity index (χ0) is 19.9. The lowest BCUT2D eigenvalue weighted by molar-refractivity contribution is -0.139. The lowest BCUT2D eigenvalue weighted by Gasteiger charge is -2.08. The summed E-state index contributed by atoms with van der Waals surface area (Å²) in [5.41, 5.74) is 1.20. The van der Waals surface area contributed by atoms with Crippen LogP contribution in [0.3, 0.4) is 0 Å². The van der Waals surface area contributed by atoms with Crippen molar-refractivity contribution in [3.63, 3.8) is 0 Å². The third kappa shape index (κ3) is 4.53. The Kier molecular flexibility index (Phi) is 6.01. The minimum Gasteiger partial charge on any atom is -0.497 e. The van der Waals surface area contributed by atoms with Crippen LogP contribution in [0.5, 0.6) is 5.75 Å². The second kappa shape index (κ2) is 8.81. The minimum atomic E-state index is -0.758. The van der Waals surface area contributed by atoms with Crippen LogP contribution >= 0.6 is 0 Å². The Morgan fingerprint density at radius 2 is 1.68 bits per heavy atom. The van der Waals surface area contributed by atoms with Crippen molar-refractivity contribution in [2.24, 2.45) is 0 Å². The number of amides is 2. The number of hydrogen-bond acceptors (Lipinski definition) is 5. The van der Waals surface area contributed by atoms with Crippen LogP contribution in [0.2, 0.25) is 0 Å². The maximum absolute atomic E-state index is 12.0. The highest BCUT2D eigenvalue weighted by Gasteiger charge is 2.14. The normalized spacial score (nSPS) is 10.5. The Bertz CT molecular complexity index is 1040. The lowest BCUT2D eigenvalue weighted by atomic mass is 10.1. The van der Waals surface area contributed by atoms with E-state index in [9.17, 15) is 14.4 Å². The summed E-state index contributed by atoms with van der Waals surface area (Å²) in [6.45, 7) is 0.362. The molecule has 2 amide bonds. The Hall–Kier alpha value is -3.68. The molecule has 8 heteroatoms. The number of carbonyl (C=O) groups excluding carboxylic acids is 2. The maximum Gasteiger partial charge on any atom is 0.309 e. The molecule has 0 fully saturated rings. The van der Waals surface area contributed by atoms with Crippen LogP contribution in [-0.2, 0) is 22.6 Å². The zero-order valence-corrected chi connectivity index (χ0v) is 15.3. The molecule has 0 saturated carbocycles. The summed E-state index contributed by atoms with van der Waals surface area (Å²) in [4.78, 5) is 35.7. The van der Waals surface area contributed by atoms with Gasteiger partial charge in [0.05, 0.1) is 24.7 Å². The summed E-state index contributed by atoms with van der Waals surface area (Å²) in [6, 6.07) is 14.4. The number of ether oxygens (including phenoxy) is 1. The Morgan fingerprint density at radius 1 is 1.00 bits per heavy atom. The van der Waals surface area contributed by atoms with E-state index in [1.165, 1.54) is 0 Å². The van der Waals surface area contributed by atoms with Crippen LogP contribution < -0.4 is 20.9 Å². The molecule has 3 N–H and O–H groups in total. The number of nitrogens with one attached hydrogen (secondary N) is 3. The van der Waals surface area contributed by atoms with Gasteiger partial charge in [-0.05, 0) is 30.2 Å². The fraction of sp³-hybridized carbons (Fsp3) is 0.200. The van der Waals surface area contributed by atoms with Crippen LogP contribution in [0.15, 0.2) is 53.3 Å². The highest BCUT2D eigenvalue weighted by Crippen LogP contribution is 2.12. The maximum atomic E-state index is 12.0. The van der Waals surface area contributed by atoms with Gasteiger partial charge in [-0.1, -0.05) is 30.3 Å². The predicted octanol–water partition coefficient (Wildman–Crippen LogP) is 0.907. The molecule has 0 atom stereocenters. The van der Waals surface area contributed by atoms with Crippen molar-refractivity contribution in [1.29, 1.82) is 0 Å². The quantitative estimate of drug-likeness (QED) is 0.550. The summed E-state index contributed by atoms with van der Waals surface area (Å²) in [6.07, 6.45) is 0.592. The Labute approximate surface area is 160 Å². The molecule has 0 aliphatic rings. The number of hydrogen-bond donors (Lipinski definition) is 3. The average molecular weight is 380 g/mol. The monoisotopic (exact) mass is 380 g/mol. The number of rotatable bonds is 6. The van der Waals surface area contributed by atoms with E-state index in [0.717, 1.165) is 11.3 Å². The van der Waals surface area contributed by atoms with Gasteiger partial charge in [0.25, 0.3) is 5.56 Å². The van der Waals surface area contributed by atoms with E-state index in [-0.39, 0.29) is 12.1 Å². The molecule has 3 aromatic rings. The van der Waals surface area contributed by atoms with Gasteiger partial charge in [0.1, 0.15) is 5.75 Å². The highest BCUT2D eigenvalue weighted by molar-refractivity contribution is 6.35. The van der Waals surface area contributed by atoms with Gasteiger partial charge in [-0.15, -0.1) is 0 Å². The molecule has 0 spiro atoms. The van der Waals surface area contributed by atoms with Gasteiger partial charge in [0.15, 0.2) is 0 Å². The number of benzene rings is 2. The number of methoxy groups -OCH3 is 1. The van der Waals surface area contributed by atoms with E-state index in [2.05, 4.69) is 20.8 Å². The molecular formula is C20H20N4O4. The predicted molar refractivity (Wildman–Crippen MR) is 104 cm³/mol. The highest BCUT2D eigenvalue weighted by atomic mass is 16.5. The van der Waals surface area contributed by atoms with Gasteiger partial charge in [0.2, 0.25) is 0 Å². The van der Waals surface area contributed by atoms with E-state index in [1.807, 2.05) is 24.3 Å². The van der Waals surface area contributed by atoms with E-state index in [4.69, 9.17) is 4.74 Å². The molecule has 1 aromatic heterocycles. The SMILES string of the molecule is COc1ccc(CCNC(=O)C(=O)NCc2n[nH]c(=O)c3ccccc23)cc1. The van der Waals surface area contributed by atoms with Crippen LogP contribution in [0.25, 0.3) is 10.8 Å². The van der Waals surface area contributed by atoms with Gasteiger partial charge >= 0.3 is 11.8 Å². The summed E-state index contributed by atoms with van der Waals surface area (Å²) in [5.74, 6) is -0.718. The first-order valence-corrected chi connectivity index (χ1v) is 8.73. The van der Waals surface area contributed by atoms with Crippen LogP contribution in [0, 0.1) is 0 Å². The fourth-order valence-corrected chi connectivity index (χ4v) is 2.74.